The summed E-state index contributed by atoms with van der Waals surface area (Å²) in [6.45, 7) is 3.66. The number of rotatable bonds is 1. The summed E-state index contributed by atoms with van der Waals surface area (Å²) < 4.78 is 23.5. The second-order valence-electron chi connectivity index (χ2n) is 2.89. The van der Waals surface area contributed by atoms with Crippen molar-refractivity contribution in [1.82, 2.24) is 4.31 Å². The van der Waals surface area contributed by atoms with E-state index in [0.29, 0.717) is 0 Å². The number of hydrogen-bond donors (Lipinski definition) is 0. The molecule has 1 atom stereocenters. The van der Waals surface area contributed by atoms with E-state index in [4.69, 9.17) is 0 Å². The molecule has 1 aliphatic heterocycles. The smallest absolute Gasteiger partial charge is 0.233 e. The Balaban J connectivity index is 2.95. The Bertz CT molecular complexity index is 329. The molecule has 0 aromatic rings. The molecule has 4 nitrogen and oxygen atoms in total. The number of aliphatic imine (C=N–C) groups is 1. The zero-order chi connectivity index (χ0) is 9.35. The first kappa shape index (κ1) is 9.25. The van der Waals surface area contributed by atoms with Gasteiger partial charge in [-0.3, -0.25) is 4.31 Å². The summed E-state index contributed by atoms with van der Waals surface area (Å²) in [4.78, 5) is 3.91. The van der Waals surface area contributed by atoms with E-state index in [1.807, 2.05) is 13.8 Å². The number of hydrogen-bond acceptors (Lipinski definition) is 3. The van der Waals surface area contributed by atoms with Crippen LogP contribution in [0.5, 0.6) is 0 Å². The van der Waals surface area contributed by atoms with E-state index in [0.717, 1.165) is 5.70 Å². The van der Waals surface area contributed by atoms with E-state index in [2.05, 4.69) is 4.99 Å². The lowest BCUT2D eigenvalue weighted by atomic mass is 10.2. The van der Waals surface area contributed by atoms with Crippen LogP contribution in [0.15, 0.2) is 16.8 Å². The Morgan fingerprint density at radius 1 is 1.58 bits per heavy atom. The molecule has 0 aromatic carbocycles. The topological polar surface area (TPSA) is 49.7 Å². The zero-order valence-corrected chi connectivity index (χ0v) is 8.17. The van der Waals surface area contributed by atoms with Gasteiger partial charge < -0.3 is 0 Å². The van der Waals surface area contributed by atoms with Crippen LogP contribution < -0.4 is 0 Å². The Kier molecular flexibility index (Phi) is 2.23. The summed E-state index contributed by atoms with van der Waals surface area (Å²) in [6.07, 6.45) is 4.33. The third-order valence-corrected chi connectivity index (χ3v) is 2.83. The molecule has 0 aromatic heterocycles. The van der Waals surface area contributed by atoms with Gasteiger partial charge in [0.25, 0.3) is 0 Å². The van der Waals surface area contributed by atoms with E-state index in [1.165, 1.54) is 16.9 Å². The van der Waals surface area contributed by atoms with Gasteiger partial charge in [-0.2, -0.15) is 0 Å². The van der Waals surface area contributed by atoms with E-state index < -0.39 is 10.0 Å². The van der Waals surface area contributed by atoms with Gasteiger partial charge in [-0.25, -0.2) is 13.4 Å². The molecule has 0 N–H and O–H groups in total. The summed E-state index contributed by atoms with van der Waals surface area (Å²) in [5.74, 6) is 0. The van der Waals surface area contributed by atoms with Gasteiger partial charge in [-0.15, -0.1) is 0 Å². The molecule has 0 fully saturated rings. The fourth-order valence-corrected chi connectivity index (χ4v) is 1.99. The third kappa shape index (κ3) is 1.85. The van der Waals surface area contributed by atoms with Gasteiger partial charge in [-0.05, 0) is 19.9 Å². The van der Waals surface area contributed by atoms with Crippen LogP contribution in [0.4, 0.5) is 0 Å². The monoisotopic (exact) mass is 188 g/mol. The van der Waals surface area contributed by atoms with Crippen LogP contribution in [0.2, 0.25) is 0 Å². The van der Waals surface area contributed by atoms with Crippen LogP contribution in [-0.2, 0) is 10.0 Å². The van der Waals surface area contributed by atoms with Gasteiger partial charge >= 0.3 is 0 Å². The number of sulfonamides is 1. The molecule has 0 spiro atoms. The van der Waals surface area contributed by atoms with E-state index in [-0.39, 0.29) is 6.04 Å². The second-order valence-corrected chi connectivity index (χ2v) is 4.77. The average molecular weight is 188 g/mol. The molecule has 0 bridgehead atoms. The molecule has 1 heterocycles. The Hall–Kier alpha value is -0.840. The van der Waals surface area contributed by atoms with Crippen LogP contribution in [-0.4, -0.2) is 31.4 Å². The molecule has 0 amide bonds. The van der Waals surface area contributed by atoms with Crippen molar-refractivity contribution < 1.29 is 8.42 Å². The van der Waals surface area contributed by atoms with Crippen molar-refractivity contribution in [2.75, 3.05) is 6.26 Å². The Morgan fingerprint density at radius 3 is 2.58 bits per heavy atom. The van der Waals surface area contributed by atoms with Crippen molar-refractivity contribution in [3.05, 3.63) is 11.8 Å². The summed E-state index contributed by atoms with van der Waals surface area (Å²) >= 11 is 0. The van der Waals surface area contributed by atoms with E-state index in [9.17, 15) is 8.42 Å². The third-order valence-electron chi connectivity index (χ3n) is 1.64. The first-order valence-corrected chi connectivity index (χ1v) is 5.47. The standard InChI is InChI=1S/C7H12N2O2S/c1-6-4-7(2)9(5-8-6)12(3,10)11/h4-5,7H,1-3H3. The molecule has 12 heavy (non-hydrogen) atoms. The van der Waals surface area contributed by atoms with Gasteiger partial charge in [0.05, 0.1) is 12.3 Å². The molecule has 1 unspecified atom stereocenters. The molecule has 0 saturated carbocycles. The average Bonchev–Trinajstić information content (AvgIpc) is 1.83. The van der Waals surface area contributed by atoms with Gasteiger partial charge in [0.2, 0.25) is 10.0 Å². The molecule has 1 rings (SSSR count). The summed E-state index contributed by atoms with van der Waals surface area (Å²) in [6, 6.07) is -0.127. The Labute approximate surface area is 72.6 Å². The minimum Gasteiger partial charge on any atom is -0.254 e. The molecule has 1 aliphatic rings. The Morgan fingerprint density at radius 2 is 2.17 bits per heavy atom. The van der Waals surface area contributed by atoms with Gasteiger partial charge in [0.15, 0.2) is 0 Å². The second kappa shape index (κ2) is 2.90. The van der Waals surface area contributed by atoms with E-state index >= 15 is 0 Å². The molecule has 0 radical (unpaired) electrons. The summed E-state index contributed by atoms with van der Waals surface area (Å²) in [5.41, 5.74) is 0.849. The first-order chi connectivity index (χ1) is 5.41. The van der Waals surface area contributed by atoms with E-state index in [1.54, 1.807) is 6.08 Å². The molecule has 0 saturated heterocycles. The van der Waals surface area contributed by atoms with Crippen molar-refractivity contribution in [2.45, 2.75) is 19.9 Å². The lowest BCUT2D eigenvalue weighted by molar-refractivity contribution is 0.501. The predicted molar refractivity (Wildman–Crippen MR) is 48.4 cm³/mol. The first-order valence-electron chi connectivity index (χ1n) is 3.62. The maximum absolute atomic E-state index is 11.1. The van der Waals surface area contributed by atoms with Crippen LogP contribution in [0, 0.1) is 0 Å². The molecule has 5 heteroatoms. The molecule has 68 valence electrons. The van der Waals surface area contributed by atoms with Crippen molar-refractivity contribution in [3.63, 3.8) is 0 Å². The highest BCUT2D eigenvalue weighted by atomic mass is 32.2. The van der Waals surface area contributed by atoms with Crippen molar-refractivity contribution >= 4 is 16.4 Å². The maximum Gasteiger partial charge on any atom is 0.233 e. The van der Waals surface area contributed by atoms with Crippen molar-refractivity contribution in [3.8, 4) is 0 Å². The largest absolute Gasteiger partial charge is 0.254 e. The normalized spacial score (nSPS) is 24.1. The van der Waals surface area contributed by atoms with Crippen LogP contribution in [0.1, 0.15) is 13.8 Å². The van der Waals surface area contributed by atoms with Gasteiger partial charge in [0.1, 0.15) is 6.34 Å². The van der Waals surface area contributed by atoms with Gasteiger partial charge in [-0.1, -0.05) is 0 Å². The summed E-state index contributed by atoms with van der Waals surface area (Å²) in [5, 5.41) is 0. The highest BCUT2D eigenvalue weighted by Crippen LogP contribution is 2.12. The maximum atomic E-state index is 11.1. The molecular weight excluding hydrogens is 176 g/mol. The zero-order valence-electron chi connectivity index (χ0n) is 7.35. The SMILES string of the molecule is CC1=CC(C)N(S(C)(=O)=O)C=N1. The molecule has 0 aliphatic carbocycles. The lowest BCUT2D eigenvalue weighted by Gasteiger charge is -2.24. The van der Waals surface area contributed by atoms with Crippen molar-refractivity contribution in [2.24, 2.45) is 4.99 Å². The quantitative estimate of drug-likeness (QED) is 0.604. The van der Waals surface area contributed by atoms with Crippen LogP contribution in [0.25, 0.3) is 0 Å². The summed E-state index contributed by atoms with van der Waals surface area (Å²) in [7, 11) is -3.16. The van der Waals surface area contributed by atoms with Crippen molar-refractivity contribution in [1.29, 1.82) is 0 Å². The fraction of sp³-hybridized carbons (Fsp3) is 0.571. The predicted octanol–water partition coefficient (Wildman–Crippen LogP) is 0.582. The molecular formula is C7H12N2O2S. The fourth-order valence-electron chi connectivity index (χ4n) is 1.11. The number of nitrogens with zero attached hydrogens (tertiary/aromatic N) is 2. The van der Waals surface area contributed by atoms with Crippen LogP contribution in [0.3, 0.4) is 0 Å². The van der Waals surface area contributed by atoms with Crippen LogP contribution >= 0.6 is 0 Å². The minimum atomic E-state index is -3.16. The number of allylic oxidation sites excluding steroid dienone is 1. The van der Waals surface area contributed by atoms with Gasteiger partial charge in [0, 0.05) is 5.70 Å². The highest BCUT2D eigenvalue weighted by molar-refractivity contribution is 7.88. The minimum absolute atomic E-state index is 0.127. The lowest BCUT2D eigenvalue weighted by Crippen LogP contribution is -2.37. The highest BCUT2D eigenvalue weighted by Gasteiger charge is 2.20.